The number of hydrogen-bond donors (Lipinski definition) is 3. The highest BCUT2D eigenvalue weighted by Crippen LogP contribution is 2.23. The summed E-state index contributed by atoms with van der Waals surface area (Å²) in [5.41, 5.74) is 3.14. The first-order valence-corrected chi connectivity index (χ1v) is 5.78. The number of nitriles is 1. The van der Waals surface area contributed by atoms with Crippen molar-refractivity contribution < 1.29 is 10.2 Å². The van der Waals surface area contributed by atoms with Gasteiger partial charge in [-0.2, -0.15) is 5.26 Å². The van der Waals surface area contributed by atoms with Crippen molar-refractivity contribution in [2.45, 2.75) is 31.6 Å². The van der Waals surface area contributed by atoms with Crippen molar-refractivity contribution >= 4 is 0 Å². The average molecular weight is 232 g/mol. The molecule has 2 unspecified atom stereocenters. The van der Waals surface area contributed by atoms with E-state index < -0.39 is 12.2 Å². The quantitative estimate of drug-likeness (QED) is 0.715. The van der Waals surface area contributed by atoms with Crippen molar-refractivity contribution in [3.63, 3.8) is 0 Å². The van der Waals surface area contributed by atoms with Gasteiger partial charge in [-0.05, 0) is 29.7 Å². The maximum atomic E-state index is 9.90. The first-order chi connectivity index (χ1) is 8.22. The number of nitrogens with one attached hydrogen (secondary N) is 1. The molecule has 0 saturated carbocycles. The second-order valence-electron chi connectivity index (χ2n) is 4.33. The fourth-order valence-corrected chi connectivity index (χ4v) is 2.11. The van der Waals surface area contributed by atoms with Crippen LogP contribution >= 0.6 is 0 Å². The molecule has 0 bridgehead atoms. The molecule has 1 aliphatic rings. The van der Waals surface area contributed by atoms with E-state index in [9.17, 15) is 10.2 Å². The van der Waals surface area contributed by atoms with Gasteiger partial charge in [-0.25, -0.2) is 0 Å². The lowest BCUT2D eigenvalue weighted by Gasteiger charge is -2.21. The number of fused-ring (bicyclic) bond motifs is 1. The van der Waals surface area contributed by atoms with Gasteiger partial charge in [0.05, 0.1) is 18.6 Å². The van der Waals surface area contributed by atoms with E-state index >= 15 is 0 Å². The zero-order valence-electron chi connectivity index (χ0n) is 9.56. The molecule has 0 spiro atoms. The Morgan fingerprint density at radius 2 is 2.18 bits per heavy atom. The molecule has 0 saturated heterocycles. The van der Waals surface area contributed by atoms with E-state index in [1.165, 1.54) is 11.1 Å². The number of hydrogen-bond acceptors (Lipinski definition) is 4. The minimum Gasteiger partial charge on any atom is -0.389 e. The highest BCUT2D eigenvalue weighted by Gasteiger charge is 2.19. The van der Waals surface area contributed by atoms with Crippen LogP contribution in [0.25, 0.3) is 0 Å². The van der Waals surface area contributed by atoms with Crippen molar-refractivity contribution in [2.24, 2.45) is 0 Å². The summed E-state index contributed by atoms with van der Waals surface area (Å²) in [7, 11) is 0. The van der Waals surface area contributed by atoms with E-state index in [1.807, 2.05) is 24.3 Å². The van der Waals surface area contributed by atoms with Gasteiger partial charge >= 0.3 is 0 Å². The van der Waals surface area contributed by atoms with Crippen molar-refractivity contribution in [1.29, 1.82) is 5.26 Å². The van der Waals surface area contributed by atoms with Crippen LogP contribution in [0.4, 0.5) is 0 Å². The maximum absolute atomic E-state index is 9.90. The molecule has 0 amide bonds. The summed E-state index contributed by atoms with van der Waals surface area (Å²) >= 11 is 0. The Bertz CT molecular complexity index is 440. The van der Waals surface area contributed by atoms with E-state index in [0.717, 1.165) is 19.5 Å². The van der Waals surface area contributed by atoms with Crippen molar-refractivity contribution in [3.05, 3.63) is 34.9 Å². The number of aliphatic hydroxyl groups excluding tert-OH is 2. The monoisotopic (exact) mass is 232 g/mol. The Hall–Kier alpha value is -1.41. The second kappa shape index (κ2) is 5.28. The molecule has 0 aromatic heterocycles. The summed E-state index contributed by atoms with van der Waals surface area (Å²) in [6.45, 7) is 1.79. The van der Waals surface area contributed by atoms with Crippen LogP contribution in [0.1, 0.15) is 29.2 Å². The molecular weight excluding hydrogens is 216 g/mol. The molecule has 0 fully saturated rings. The maximum Gasteiger partial charge on any atom is 0.106 e. The van der Waals surface area contributed by atoms with Gasteiger partial charge < -0.3 is 15.5 Å². The van der Waals surface area contributed by atoms with E-state index in [1.54, 1.807) is 0 Å². The van der Waals surface area contributed by atoms with Crippen LogP contribution in [-0.4, -0.2) is 22.9 Å². The fourth-order valence-electron chi connectivity index (χ4n) is 2.11. The zero-order valence-corrected chi connectivity index (χ0v) is 9.56. The Balaban J connectivity index is 2.19. The molecule has 1 aromatic rings. The van der Waals surface area contributed by atoms with E-state index in [2.05, 4.69) is 5.32 Å². The topological polar surface area (TPSA) is 76.3 Å². The number of aliphatic hydroxyl groups is 2. The van der Waals surface area contributed by atoms with Gasteiger partial charge in [0.25, 0.3) is 0 Å². The van der Waals surface area contributed by atoms with Gasteiger partial charge in [-0.3, -0.25) is 0 Å². The molecule has 90 valence electrons. The lowest BCUT2D eigenvalue weighted by molar-refractivity contribution is 0.0216. The average Bonchev–Trinajstić information content (AvgIpc) is 2.37. The summed E-state index contributed by atoms with van der Waals surface area (Å²) in [6.07, 6.45) is -1.11. The lowest BCUT2D eigenvalue weighted by atomic mass is 9.94. The van der Waals surface area contributed by atoms with Crippen LogP contribution in [-0.2, 0) is 13.0 Å². The van der Waals surface area contributed by atoms with Crippen molar-refractivity contribution in [3.8, 4) is 6.07 Å². The molecular formula is C13H16N2O2. The zero-order chi connectivity index (χ0) is 12.3. The van der Waals surface area contributed by atoms with Crippen LogP contribution in [0.3, 0.4) is 0 Å². The molecule has 4 heteroatoms. The predicted octanol–water partition coefficient (Wildman–Crippen LogP) is 0.640. The Morgan fingerprint density at radius 1 is 1.35 bits per heavy atom. The number of nitrogens with zero attached hydrogens (tertiary/aromatic N) is 1. The summed E-state index contributed by atoms with van der Waals surface area (Å²) in [5.74, 6) is 0. The molecule has 1 aromatic carbocycles. The molecule has 2 rings (SSSR count). The molecule has 2 atom stereocenters. The van der Waals surface area contributed by atoms with Gasteiger partial charge in [0.2, 0.25) is 0 Å². The highest BCUT2D eigenvalue weighted by atomic mass is 16.3. The third-order valence-corrected chi connectivity index (χ3v) is 3.12. The highest BCUT2D eigenvalue weighted by molar-refractivity contribution is 5.35. The normalized spacial score (nSPS) is 17.9. The van der Waals surface area contributed by atoms with Crippen LogP contribution < -0.4 is 5.32 Å². The van der Waals surface area contributed by atoms with Gasteiger partial charge in [0.15, 0.2) is 0 Å². The summed E-state index contributed by atoms with van der Waals surface area (Å²) in [4.78, 5) is 0. The van der Waals surface area contributed by atoms with Crippen LogP contribution in [0.15, 0.2) is 18.2 Å². The number of benzene rings is 1. The van der Waals surface area contributed by atoms with E-state index in [4.69, 9.17) is 5.26 Å². The van der Waals surface area contributed by atoms with Gasteiger partial charge in [-0.15, -0.1) is 0 Å². The Labute approximate surface area is 101 Å². The van der Waals surface area contributed by atoms with Crippen LogP contribution in [0.5, 0.6) is 0 Å². The standard InChI is InChI=1S/C13H16N2O2/c14-5-3-12(16)13(17)10-1-2-11-8-15-6-4-9(11)7-10/h1-2,7,12-13,15-17H,3-4,6,8H2. The SMILES string of the molecule is N#CCC(O)C(O)c1ccc2c(c1)CCNC2. The van der Waals surface area contributed by atoms with Crippen LogP contribution in [0, 0.1) is 11.3 Å². The van der Waals surface area contributed by atoms with E-state index in [-0.39, 0.29) is 6.42 Å². The van der Waals surface area contributed by atoms with E-state index in [0.29, 0.717) is 5.56 Å². The lowest BCUT2D eigenvalue weighted by Crippen LogP contribution is -2.24. The third kappa shape index (κ3) is 2.64. The molecule has 0 radical (unpaired) electrons. The minimum atomic E-state index is -1.01. The van der Waals surface area contributed by atoms with Gasteiger partial charge in [0, 0.05) is 6.54 Å². The Morgan fingerprint density at radius 3 is 2.94 bits per heavy atom. The third-order valence-electron chi connectivity index (χ3n) is 3.12. The first kappa shape index (κ1) is 12.1. The molecule has 4 nitrogen and oxygen atoms in total. The molecule has 3 N–H and O–H groups in total. The molecule has 1 heterocycles. The summed E-state index contributed by atoms with van der Waals surface area (Å²) < 4.78 is 0. The molecule has 17 heavy (non-hydrogen) atoms. The van der Waals surface area contributed by atoms with Gasteiger partial charge in [0.1, 0.15) is 6.10 Å². The number of rotatable bonds is 3. The predicted molar refractivity (Wildman–Crippen MR) is 63.0 cm³/mol. The summed E-state index contributed by atoms with van der Waals surface area (Å²) in [6, 6.07) is 7.58. The fraction of sp³-hybridized carbons (Fsp3) is 0.462. The summed E-state index contributed by atoms with van der Waals surface area (Å²) in [5, 5.41) is 31.3. The largest absolute Gasteiger partial charge is 0.389 e. The minimum absolute atomic E-state index is 0.0557. The second-order valence-corrected chi connectivity index (χ2v) is 4.33. The van der Waals surface area contributed by atoms with Crippen molar-refractivity contribution in [2.75, 3.05) is 6.54 Å². The van der Waals surface area contributed by atoms with Crippen LogP contribution in [0.2, 0.25) is 0 Å². The van der Waals surface area contributed by atoms with Crippen molar-refractivity contribution in [1.82, 2.24) is 5.32 Å². The smallest absolute Gasteiger partial charge is 0.106 e. The Kier molecular flexibility index (Phi) is 3.75. The molecule has 1 aliphatic heterocycles. The first-order valence-electron chi connectivity index (χ1n) is 5.78. The molecule has 0 aliphatic carbocycles. The van der Waals surface area contributed by atoms with Gasteiger partial charge in [-0.1, -0.05) is 18.2 Å².